The van der Waals surface area contributed by atoms with Gasteiger partial charge in [0.15, 0.2) is 0 Å². The monoisotopic (exact) mass is 325 g/mol. The van der Waals surface area contributed by atoms with Crippen molar-refractivity contribution in [1.29, 1.82) is 0 Å². The molecule has 2 aromatic rings. The predicted molar refractivity (Wildman–Crippen MR) is 79.5 cm³/mol. The van der Waals surface area contributed by atoms with Crippen LogP contribution in [0.15, 0.2) is 12.1 Å². The van der Waals surface area contributed by atoms with Gasteiger partial charge in [0.25, 0.3) is 0 Å². The molecule has 0 aliphatic heterocycles. The number of aliphatic carboxylic acids is 1. The predicted octanol–water partition coefficient (Wildman–Crippen LogP) is 2.78. The molecule has 21 heavy (non-hydrogen) atoms. The van der Waals surface area contributed by atoms with E-state index in [0.717, 1.165) is 18.1 Å². The van der Waals surface area contributed by atoms with Crippen LogP contribution in [0.5, 0.6) is 0 Å². The smallest absolute Gasteiger partial charge is 0.307 e. The number of rotatable bonds is 3. The number of hydrogen-bond donors (Lipinski definition) is 2. The van der Waals surface area contributed by atoms with Crippen LogP contribution in [-0.4, -0.2) is 25.7 Å². The molecule has 1 aliphatic rings. The second-order valence-electron chi connectivity index (χ2n) is 5.03. The summed E-state index contributed by atoms with van der Waals surface area (Å²) in [5.74, 6) is -2.40. The Labute approximate surface area is 129 Å². The molecule has 1 aromatic carbocycles. The van der Waals surface area contributed by atoms with Crippen molar-refractivity contribution in [3.8, 4) is 0 Å². The average Bonchev–Trinajstić information content (AvgIpc) is 3.09. The first-order chi connectivity index (χ1) is 10.1. The average molecular weight is 326 g/mol. The summed E-state index contributed by atoms with van der Waals surface area (Å²) in [5.41, 5.74) is 1.59. The molecule has 2 atom stereocenters. The lowest BCUT2D eigenvalue weighted by Crippen LogP contribution is -2.30. The van der Waals surface area contributed by atoms with Crippen molar-refractivity contribution in [2.45, 2.75) is 19.3 Å². The zero-order valence-electron chi connectivity index (χ0n) is 10.9. The van der Waals surface area contributed by atoms with Crippen LogP contribution in [-0.2, 0) is 9.59 Å². The summed E-state index contributed by atoms with van der Waals surface area (Å²) < 4.78 is 8.22. The zero-order chi connectivity index (χ0) is 15.0. The summed E-state index contributed by atoms with van der Waals surface area (Å²) in [7, 11) is 0. The molecule has 110 valence electrons. The van der Waals surface area contributed by atoms with Crippen LogP contribution in [0.4, 0.5) is 5.69 Å². The van der Waals surface area contributed by atoms with E-state index in [2.05, 4.69) is 14.1 Å². The van der Waals surface area contributed by atoms with Crippen LogP contribution in [0.3, 0.4) is 0 Å². The third kappa shape index (κ3) is 2.58. The molecule has 3 rings (SSSR count). The highest BCUT2D eigenvalue weighted by atomic mass is 35.5. The molecule has 1 aromatic heterocycles. The molecule has 8 heteroatoms. The number of benzene rings is 1. The Morgan fingerprint density at radius 2 is 2.05 bits per heavy atom. The number of halogens is 1. The number of anilines is 1. The Balaban J connectivity index is 1.88. The zero-order valence-corrected chi connectivity index (χ0v) is 12.4. The summed E-state index contributed by atoms with van der Waals surface area (Å²) in [4.78, 5) is 23.5. The molecule has 1 heterocycles. The Morgan fingerprint density at radius 3 is 2.81 bits per heavy atom. The molecule has 0 saturated heterocycles. The maximum Gasteiger partial charge on any atom is 0.307 e. The van der Waals surface area contributed by atoms with Crippen LogP contribution in [0.25, 0.3) is 11.0 Å². The number of fused-ring (bicyclic) bond motifs is 1. The van der Waals surface area contributed by atoms with Gasteiger partial charge in [-0.15, -0.1) is 0 Å². The minimum Gasteiger partial charge on any atom is -0.481 e. The second kappa shape index (κ2) is 5.57. The molecule has 1 aliphatic carbocycles. The number of nitrogens with one attached hydrogen (secondary N) is 1. The molecule has 2 unspecified atom stereocenters. The van der Waals surface area contributed by atoms with Gasteiger partial charge in [-0.2, -0.15) is 8.75 Å². The first kappa shape index (κ1) is 14.2. The first-order valence-corrected chi connectivity index (χ1v) is 7.63. The van der Waals surface area contributed by atoms with Crippen LogP contribution < -0.4 is 5.32 Å². The number of aromatic nitrogens is 2. The Kier molecular flexibility index (Phi) is 3.77. The fourth-order valence-electron chi connectivity index (χ4n) is 2.73. The second-order valence-corrected chi connectivity index (χ2v) is 5.96. The molecule has 6 nitrogen and oxygen atoms in total. The number of amides is 1. The number of nitrogens with zero attached hydrogens (tertiary/aromatic N) is 2. The lowest BCUT2D eigenvalue weighted by molar-refractivity contribution is -0.145. The minimum absolute atomic E-state index is 0.317. The van der Waals surface area contributed by atoms with E-state index >= 15 is 0 Å². The molecule has 0 spiro atoms. The number of hydrogen-bond acceptors (Lipinski definition) is 5. The van der Waals surface area contributed by atoms with Crippen molar-refractivity contribution in [3.63, 3.8) is 0 Å². The highest BCUT2D eigenvalue weighted by Crippen LogP contribution is 2.35. The van der Waals surface area contributed by atoms with Crippen molar-refractivity contribution in [2.75, 3.05) is 5.32 Å². The fourth-order valence-corrected chi connectivity index (χ4v) is 3.47. The maximum atomic E-state index is 12.4. The van der Waals surface area contributed by atoms with Gasteiger partial charge in [0.2, 0.25) is 5.91 Å². The SMILES string of the molecule is O=C(O)C1CCCC1C(=O)Nc1c(Cl)ccc2nsnc12. The molecule has 1 amide bonds. The molecule has 1 saturated carbocycles. The Morgan fingerprint density at radius 1 is 1.29 bits per heavy atom. The van der Waals surface area contributed by atoms with E-state index in [4.69, 9.17) is 16.7 Å². The van der Waals surface area contributed by atoms with Gasteiger partial charge in [0.05, 0.1) is 34.3 Å². The summed E-state index contributed by atoms with van der Waals surface area (Å²) in [6, 6.07) is 3.37. The fraction of sp³-hybridized carbons (Fsp3) is 0.385. The van der Waals surface area contributed by atoms with Crippen LogP contribution >= 0.6 is 23.3 Å². The molecule has 0 radical (unpaired) electrons. The van der Waals surface area contributed by atoms with Gasteiger partial charge in [-0.25, -0.2) is 0 Å². The molecule has 1 fully saturated rings. The van der Waals surface area contributed by atoms with E-state index < -0.39 is 17.8 Å². The van der Waals surface area contributed by atoms with E-state index in [9.17, 15) is 9.59 Å². The quantitative estimate of drug-likeness (QED) is 0.905. The third-order valence-electron chi connectivity index (χ3n) is 3.80. The third-order valence-corrected chi connectivity index (χ3v) is 4.65. The van der Waals surface area contributed by atoms with E-state index in [1.807, 2.05) is 0 Å². The van der Waals surface area contributed by atoms with Gasteiger partial charge >= 0.3 is 5.97 Å². The van der Waals surface area contributed by atoms with Gasteiger partial charge in [0, 0.05) is 0 Å². The summed E-state index contributed by atoms with van der Waals surface area (Å²) in [5, 5.41) is 12.3. The largest absolute Gasteiger partial charge is 0.481 e. The topological polar surface area (TPSA) is 92.2 Å². The van der Waals surface area contributed by atoms with Crippen molar-refractivity contribution >= 4 is 51.9 Å². The van der Waals surface area contributed by atoms with Gasteiger partial charge in [0.1, 0.15) is 11.0 Å². The van der Waals surface area contributed by atoms with Gasteiger partial charge < -0.3 is 10.4 Å². The van der Waals surface area contributed by atoms with Crippen LogP contribution in [0.2, 0.25) is 5.02 Å². The number of carbonyl (C=O) groups excluding carboxylic acids is 1. The van der Waals surface area contributed by atoms with Gasteiger partial charge in [-0.05, 0) is 25.0 Å². The first-order valence-electron chi connectivity index (χ1n) is 6.52. The van der Waals surface area contributed by atoms with E-state index in [1.54, 1.807) is 12.1 Å². The van der Waals surface area contributed by atoms with Crippen LogP contribution in [0.1, 0.15) is 19.3 Å². The van der Waals surface area contributed by atoms with E-state index in [1.165, 1.54) is 0 Å². The van der Waals surface area contributed by atoms with Crippen molar-refractivity contribution in [2.24, 2.45) is 11.8 Å². The van der Waals surface area contributed by atoms with E-state index in [-0.39, 0.29) is 5.91 Å². The maximum absolute atomic E-state index is 12.4. The number of carbonyl (C=O) groups is 2. The number of carboxylic acids is 1. The molecular weight excluding hydrogens is 314 g/mol. The highest BCUT2D eigenvalue weighted by Gasteiger charge is 2.38. The Bertz CT molecular complexity index is 718. The molecular formula is C13H12ClN3O3S. The molecule has 2 N–H and O–H groups in total. The lowest BCUT2D eigenvalue weighted by Gasteiger charge is -2.16. The summed E-state index contributed by atoms with van der Waals surface area (Å²) in [6.45, 7) is 0. The highest BCUT2D eigenvalue weighted by molar-refractivity contribution is 7.00. The molecule has 0 bridgehead atoms. The summed E-state index contributed by atoms with van der Waals surface area (Å²) in [6.07, 6.45) is 1.85. The van der Waals surface area contributed by atoms with Crippen molar-refractivity contribution in [1.82, 2.24) is 8.75 Å². The number of carboxylic acid groups (broad SMARTS) is 1. The van der Waals surface area contributed by atoms with Gasteiger partial charge in [-0.3, -0.25) is 9.59 Å². The standard InChI is InChI=1S/C13H12ClN3O3S/c14-8-4-5-9-11(17-21-16-9)10(8)15-12(18)6-2-1-3-7(6)13(19)20/h4-7H,1-3H2,(H,15,18)(H,19,20). The summed E-state index contributed by atoms with van der Waals surface area (Å²) >= 11 is 7.15. The van der Waals surface area contributed by atoms with Crippen molar-refractivity contribution < 1.29 is 14.7 Å². The van der Waals surface area contributed by atoms with Crippen LogP contribution in [0, 0.1) is 11.8 Å². The lowest BCUT2D eigenvalue weighted by atomic mass is 9.95. The normalized spacial score (nSPS) is 21.6. The van der Waals surface area contributed by atoms with Gasteiger partial charge in [-0.1, -0.05) is 18.0 Å². The van der Waals surface area contributed by atoms with Crippen molar-refractivity contribution in [3.05, 3.63) is 17.2 Å². The van der Waals surface area contributed by atoms with E-state index in [0.29, 0.717) is 34.6 Å². The Hall–Kier alpha value is -1.73. The minimum atomic E-state index is -0.924.